The molecule has 22 heavy (non-hydrogen) atoms. The van der Waals surface area contributed by atoms with Crippen molar-refractivity contribution in [3.63, 3.8) is 0 Å². The summed E-state index contributed by atoms with van der Waals surface area (Å²) in [6, 6.07) is 9.15. The standard InChI is InChI=1S/C15H8Cl2FNO2S/c16-10-3-2-9(6-11(10)17)19-13(7-21-15(19)20)8-1-4-14(22)12(18)5-8/h1-7,22H. The molecule has 0 aliphatic carbocycles. The topological polar surface area (TPSA) is 35.1 Å². The van der Waals surface area contributed by atoms with Crippen molar-refractivity contribution in [2.24, 2.45) is 0 Å². The van der Waals surface area contributed by atoms with Gasteiger partial charge < -0.3 is 4.42 Å². The highest BCUT2D eigenvalue weighted by Crippen LogP contribution is 2.28. The van der Waals surface area contributed by atoms with Gasteiger partial charge in [-0.3, -0.25) is 0 Å². The molecule has 1 aromatic heterocycles. The molecule has 0 saturated heterocycles. The molecule has 0 saturated carbocycles. The molecule has 0 fully saturated rings. The molecule has 0 amide bonds. The summed E-state index contributed by atoms with van der Waals surface area (Å²) >= 11 is 15.8. The Bertz CT molecular complexity index is 920. The molecule has 7 heteroatoms. The lowest BCUT2D eigenvalue weighted by Crippen LogP contribution is -2.13. The Morgan fingerprint density at radius 2 is 1.86 bits per heavy atom. The van der Waals surface area contributed by atoms with Crippen LogP contribution in [0.15, 0.2) is 56.8 Å². The first-order chi connectivity index (χ1) is 10.5. The predicted molar refractivity (Wildman–Crippen MR) is 87.0 cm³/mol. The van der Waals surface area contributed by atoms with Gasteiger partial charge in [0.25, 0.3) is 0 Å². The normalized spacial score (nSPS) is 10.9. The van der Waals surface area contributed by atoms with E-state index in [1.54, 1.807) is 18.2 Å². The van der Waals surface area contributed by atoms with Crippen molar-refractivity contribution in [1.82, 2.24) is 4.57 Å². The van der Waals surface area contributed by atoms with E-state index in [1.165, 1.54) is 29.0 Å². The SMILES string of the molecule is O=c1occ(-c2ccc(S)c(F)c2)n1-c1ccc(Cl)c(Cl)c1. The minimum absolute atomic E-state index is 0.218. The van der Waals surface area contributed by atoms with Crippen molar-refractivity contribution in [1.29, 1.82) is 0 Å². The maximum absolute atomic E-state index is 13.7. The van der Waals surface area contributed by atoms with E-state index in [2.05, 4.69) is 12.6 Å². The number of aromatic nitrogens is 1. The highest BCUT2D eigenvalue weighted by molar-refractivity contribution is 7.80. The third kappa shape index (κ3) is 2.67. The van der Waals surface area contributed by atoms with Gasteiger partial charge in [-0.25, -0.2) is 13.8 Å². The highest BCUT2D eigenvalue weighted by atomic mass is 35.5. The summed E-state index contributed by atoms with van der Waals surface area (Å²) in [5.41, 5.74) is 1.35. The molecule has 3 aromatic rings. The Morgan fingerprint density at radius 3 is 2.55 bits per heavy atom. The third-order valence-corrected chi connectivity index (χ3v) is 4.20. The molecule has 112 valence electrons. The van der Waals surface area contributed by atoms with Crippen LogP contribution in [0, 0.1) is 5.82 Å². The summed E-state index contributed by atoms with van der Waals surface area (Å²) < 4.78 is 19.9. The number of thiol groups is 1. The van der Waals surface area contributed by atoms with E-state index in [0.29, 0.717) is 27.0 Å². The van der Waals surface area contributed by atoms with Crippen LogP contribution in [0.5, 0.6) is 0 Å². The Morgan fingerprint density at radius 1 is 1.09 bits per heavy atom. The molecular formula is C15H8Cl2FNO2S. The first-order valence-electron chi connectivity index (χ1n) is 6.12. The highest BCUT2D eigenvalue weighted by Gasteiger charge is 2.14. The van der Waals surface area contributed by atoms with E-state index in [1.807, 2.05) is 0 Å². The molecule has 0 spiro atoms. The Balaban J connectivity index is 2.21. The van der Waals surface area contributed by atoms with E-state index < -0.39 is 11.6 Å². The van der Waals surface area contributed by atoms with Gasteiger partial charge in [-0.2, -0.15) is 0 Å². The molecule has 0 aliphatic rings. The zero-order chi connectivity index (χ0) is 15.9. The molecule has 0 bridgehead atoms. The number of hydrogen-bond donors (Lipinski definition) is 1. The molecule has 0 atom stereocenters. The maximum atomic E-state index is 13.7. The van der Waals surface area contributed by atoms with Gasteiger partial charge in [0, 0.05) is 10.5 Å². The van der Waals surface area contributed by atoms with Gasteiger partial charge in [0.05, 0.1) is 21.4 Å². The van der Waals surface area contributed by atoms with Gasteiger partial charge in [-0.1, -0.05) is 29.3 Å². The van der Waals surface area contributed by atoms with Gasteiger partial charge in [0.1, 0.15) is 12.1 Å². The number of benzene rings is 2. The largest absolute Gasteiger partial charge is 0.424 e. The molecule has 3 nitrogen and oxygen atoms in total. The lowest BCUT2D eigenvalue weighted by Gasteiger charge is -2.08. The van der Waals surface area contributed by atoms with Gasteiger partial charge in [0.2, 0.25) is 0 Å². The van der Waals surface area contributed by atoms with Crippen LogP contribution in [-0.2, 0) is 0 Å². The Hall–Kier alpha value is -1.69. The van der Waals surface area contributed by atoms with E-state index in [4.69, 9.17) is 27.6 Å². The first-order valence-corrected chi connectivity index (χ1v) is 7.32. The van der Waals surface area contributed by atoms with Crippen molar-refractivity contribution >= 4 is 35.8 Å². The van der Waals surface area contributed by atoms with Crippen molar-refractivity contribution in [3.05, 3.63) is 69.1 Å². The van der Waals surface area contributed by atoms with Crippen molar-refractivity contribution in [3.8, 4) is 16.9 Å². The number of nitrogens with zero attached hydrogens (tertiary/aromatic N) is 1. The average molecular weight is 356 g/mol. The number of rotatable bonds is 2. The molecular weight excluding hydrogens is 348 g/mol. The van der Waals surface area contributed by atoms with Crippen LogP contribution in [-0.4, -0.2) is 4.57 Å². The maximum Gasteiger partial charge on any atom is 0.424 e. The summed E-state index contributed by atoms with van der Waals surface area (Å²) in [7, 11) is 0. The van der Waals surface area contributed by atoms with Crippen LogP contribution in [0.4, 0.5) is 4.39 Å². The van der Waals surface area contributed by atoms with E-state index in [-0.39, 0.29) is 4.90 Å². The van der Waals surface area contributed by atoms with E-state index in [9.17, 15) is 9.18 Å². The van der Waals surface area contributed by atoms with Gasteiger partial charge in [0.15, 0.2) is 0 Å². The Labute approximate surface area is 140 Å². The fourth-order valence-corrected chi connectivity index (χ4v) is 2.47. The molecule has 0 radical (unpaired) electrons. The summed E-state index contributed by atoms with van der Waals surface area (Å²) in [5, 5.41) is 0.670. The van der Waals surface area contributed by atoms with Crippen molar-refractivity contribution in [2.75, 3.05) is 0 Å². The number of halogens is 3. The average Bonchev–Trinajstić information content (AvgIpc) is 2.87. The number of hydrogen-bond acceptors (Lipinski definition) is 3. The molecule has 3 rings (SSSR count). The molecule has 2 aromatic carbocycles. The van der Waals surface area contributed by atoms with Crippen LogP contribution in [0.25, 0.3) is 16.9 Å². The summed E-state index contributed by atoms with van der Waals surface area (Å²) in [6.45, 7) is 0. The van der Waals surface area contributed by atoms with Crippen LogP contribution in [0.3, 0.4) is 0 Å². The quantitative estimate of drug-likeness (QED) is 0.668. The first kappa shape index (κ1) is 15.2. The van der Waals surface area contributed by atoms with Gasteiger partial charge in [-0.05, 0) is 30.3 Å². The van der Waals surface area contributed by atoms with E-state index in [0.717, 1.165) is 0 Å². The van der Waals surface area contributed by atoms with Gasteiger partial charge >= 0.3 is 5.76 Å². The predicted octanol–water partition coefficient (Wildman–Crippen LogP) is 4.83. The summed E-state index contributed by atoms with van der Waals surface area (Å²) in [4.78, 5) is 12.2. The molecule has 1 heterocycles. The second-order valence-electron chi connectivity index (χ2n) is 4.49. The minimum atomic E-state index is -0.608. The zero-order valence-electron chi connectivity index (χ0n) is 10.9. The second-order valence-corrected chi connectivity index (χ2v) is 5.78. The van der Waals surface area contributed by atoms with Gasteiger partial charge in [-0.15, -0.1) is 12.6 Å². The Kier molecular flexibility index (Phi) is 4.04. The van der Waals surface area contributed by atoms with Crippen LogP contribution >= 0.6 is 35.8 Å². The second kappa shape index (κ2) is 5.83. The van der Waals surface area contributed by atoms with E-state index >= 15 is 0 Å². The summed E-state index contributed by atoms with van der Waals surface area (Å²) in [5.74, 6) is -1.10. The molecule has 0 unspecified atom stereocenters. The third-order valence-electron chi connectivity index (χ3n) is 3.10. The van der Waals surface area contributed by atoms with Crippen molar-refractivity contribution in [2.45, 2.75) is 4.90 Å². The molecule has 0 aliphatic heterocycles. The van der Waals surface area contributed by atoms with Crippen LogP contribution in [0.2, 0.25) is 10.0 Å². The lowest BCUT2D eigenvalue weighted by atomic mass is 10.1. The minimum Gasteiger partial charge on any atom is -0.415 e. The lowest BCUT2D eigenvalue weighted by molar-refractivity contribution is 0.504. The van der Waals surface area contributed by atoms with Crippen molar-refractivity contribution < 1.29 is 8.81 Å². The monoisotopic (exact) mass is 355 g/mol. The smallest absolute Gasteiger partial charge is 0.415 e. The fourth-order valence-electron chi connectivity index (χ4n) is 2.04. The van der Waals surface area contributed by atoms with Crippen LogP contribution < -0.4 is 5.76 Å². The molecule has 0 N–H and O–H groups in total. The zero-order valence-corrected chi connectivity index (χ0v) is 13.3. The fraction of sp³-hybridized carbons (Fsp3) is 0. The van der Waals surface area contributed by atoms with Crippen LogP contribution in [0.1, 0.15) is 0 Å². The number of oxazole rings is 1. The summed E-state index contributed by atoms with van der Waals surface area (Å²) in [6.07, 6.45) is 1.26.